The lowest BCUT2D eigenvalue weighted by Gasteiger charge is -2.29. The van der Waals surface area contributed by atoms with Gasteiger partial charge >= 0.3 is 0 Å². The number of carbonyl (C=O) groups excluding carboxylic acids is 1. The van der Waals surface area contributed by atoms with Gasteiger partial charge in [-0.1, -0.05) is 0 Å². The van der Waals surface area contributed by atoms with E-state index in [-0.39, 0.29) is 11.3 Å². The molecule has 5 heteroatoms. The highest BCUT2D eigenvalue weighted by molar-refractivity contribution is 7.98. The Morgan fingerprint density at radius 2 is 2.39 bits per heavy atom. The summed E-state index contributed by atoms with van der Waals surface area (Å²) in [5, 5.41) is 0.132. The second-order valence-corrected chi connectivity index (χ2v) is 7.71. The minimum atomic E-state index is 0.132. The molecule has 0 N–H and O–H groups in total. The number of hydrogen-bond donors (Lipinski definition) is 0. The van der Waals surface area contributed by atoms with Crippen molar-refractivity contribution in [2.45, 2.75) is 30.4 Å². The Labute approximate surface area is 121 Å². The number of thiophene rings is 1. The molecule has 1 aromatic rings. The van der Waals surface area contributed by atoms with Gasteiger partial charge < -0.3 is 4.90 Å². The van der Waals surface area contributed by atoms with Gasteiger partial charge in [0, 0.05) is 23.7 Å². The number of fused-ring (bicyclic) bond motifs is 1. The van der Waals surface area contributed by atoms with E-state index in [2.05, 4.69) is 6.07 Å². The van der Waals surface area contributed by atoms with Crippen LogP contribution in [-0.4, -0.2) is 35.0 Å². The predicted octanol–water partition coefficient (Wildman–Crippen LogP) is 3.38. The lowest BCUT2D eigenvalue weighted by molar-refractivity contribution is 0.0732. The maximum Gasteiger partial charge on any atom is 0.263 e. The number of aryl methyl sites for hydroxylation is 1. The molecule has 3 rings (SSSR count). The highest BCUT2D eigenvalue weighted by atomic mass is 35.5. The number of alkyl halides is 1. The van der Waals surface area contributed by atoms with Gasteiger partial charge in [-0.3, -0.25) is 4.79 Å². The fraction of sp³-hybridized carbons (Fsp3) is 0.615. The fourth-order valence-corrected chi connectivity index (χ4v) is 5.18. The van der Waals surface area contributed by atoms with Crippen molar-refractivity contribution >= 4 is 40.6 Å². The van der Waals surface area contributed by atoms with Crippen LogP contribution in [0.5, 0.6) is 0 Å². The van der Waals surface area contributed by atoms with Crippen molar-refractivity contribution in [2.75, 3.05) is 18.8 Å². The summed E-state index contributed by atoms with van der Waals surface area (Å²) in [4.78, 5) is 16.7. The minimum absolute atomic E-state index is 0.132. The van der Waals surface area contributed by atoms with Crippen LogP contribution in [0.2, 0.25) is 0 Å². The first-order chi connectivity index (χ1) is 8.74. The van der Waals surface area contributed by atoms with E-state index in [1.54, 1.807) is 11.3 Å². The van der Waals surface area contributed by atoms with Gasteiger partial charge in [0.05, 0.1) is 10.3 Å². The van der Waals surface area contributed by atoms with E-state index < -0.39 is 0 Å². The summed E-state index contributed by atoms with van der Waals surface area (Å²) in [6.07, 6.45) is 3.18. The Morgan fingerprint density at radius 1 is 1.50 bits per heavy atom. The quantitative estimate of drug-likeness (QED) is 0.741. The highest BCUT2D eigenvalue weighted by Crippen LogP contribution is 2.32. The van der Waals surface area contributed by atoms with Crippen molar-refractivity contribution < 1.29 is 4.79 Å². The molecule has 0 radical (unpaired) electrons. The summed E-state index contributed by atoms with van der Waals surface area (Å²) < 4.78 is 0. The van der Waals surface area contributed by atoms with Crippen LogP contribution in [0.3, 0.4) is 0 Å². The number of hydrogen-bond acceptors (Lipinski definition) is 3. The topological polar surface area (TPSA) is 20.3 Å². The number of piperidine rings is 1. The summed E-state index contributed by atoms with van der Waals surface area (Å²) in [7, 11) is 0. The minimum Gasteiger partial charge on any atom is -0.336 e. The van der Waals surface area contributed by atoms with Crippen molar-refractivity contribution in [1.29, 1.82) is 0 Å². The molecule has 2 nitrogen and oxygen atoms in total. The van der Waals surface area contributed by atoms with Crippen LogP contribution in [0.25, 0.3) is 0 Å². The molecule has 0 aliphatic carbocycles. The molecule has 1 fully saturated rings. The van der Waals surface area contributed by atoms with E-state index in [0.717, 1.165) is 36.4 Å². The van der Waals surface area contributed by atoms with Gasteiger partial charge in [-0.2, -0.15) is 11.8 Å². The lowest BCUT2D eigenvalue weighted by atomic mass is 10.1. The molecule has 2 aliphatic rings. The zero-order chi connectivity index (χ0) is 12.5. The Hall–Kier alpha value is -0.190. The summed E-state index contributed by atoms with van der Waals surface area (Å²) in [5.74, 6) is 2.44. The third-order valence-electron chi connectivity index (χ3n) is 3.49. The average molecular weight is 302 g/mol. The first-order valence-corrected chi connectivity index (χ1v) is 8.77. The smallest absolute Gasteiger partial charge is 0.263 e. The van der Waals surface area contributed by atoms with E-state index in [0.29, 0.717) is 6.54 Å². The molecular formula is C13H16ClNOS2. The Kier molecular flexibility index (Phi) is 3.87. The molecule has 0 bridgehead atoms. The molecule has 1 saturated heterocycles. The number of nitrogens with zero attached hydrogens (tertiary/aromatic N) is 1. The largest absolute Gasteiger partial charge is 0.336 e. The van der Waals surface area contributed by atoms with Crippen LogP contribution >= 0.6 is 34.7 Å². The average Bonchev–Trinajstić information content (AvgIpc) is 2.81. The Bertz CT molecular complexity index is 436. The first-order valence-electron chi connectivity index (χ1n) is 6.36. The van der Waals surface area contributed by atoms with Gasteiger partial charge in [0.2, 0.25) is 0 Å². The summed E-state index contributed by atoms with van der Waals surface area (Å²) >= 11 is 9.80. The molecule has 0 spiro atoms. The monoisotopic (exact) mass is 301 g/mol. The molecule has 1 unspecified atom stereocenters. The molecule has 0 aromatic carbocycles. The lowest BCUT2D eigenvalue weighted by Crippen LogP contribution is -2.40. The van der Waals surface area contributed by atoms with E-state index in [1.807, 2.05) is 16.7 Å². The van der Waals surface area contributed by atoms with E-state index in [1.165, 1.54) is 16.2 Å². The maximum atomic E-state index is 12.4. The summed E-state index contributed by atoms with van der Waals surface area (Å²) in [5.41, 5.74) is 1.37. The van der Waals surface area contributed by atoms with Gasteiger partial charge in [0.1, 0.15) is 0 Å². The SMILES string of the molecule is O=C(c1cc2c(s1)CCSC2)N1CCCC(Cl)C1. The van der Waals surface area contributed by atoms with Crippen LogP contribution in [0.4, 0.5) is 0 Å². The number of halogens is 1. The predicted molar refractivity (Wildman–Crippen MR) is 79.0 cm³/mol. The molecule has 2 aliphatic heterocycles. The first kappa shape index (κ1) is 12.8. The molecule has 0 saturated carbocycles. The van der Waals surface area contributed by atoms with Crippen molar-refractivity contribution in [2.24, 2.45) is 0 Å². The number of carbonyl (C=O) groups is 1. The zero-order valence-corrected chi connectivity index (χ0v) is 12.5. The zero-order valence-electron chi connectivity index (χ0n) is 10.2. The standard InChI is InChI=1S/C13H16ClNOS2/c14-10-2-1-4-15(7-10)13(16)12-6-9-8-17-5-3-11(9)18-12/h6,10H,1-5,7-8H2. The Balaban J connectivity index is 1.77. The second-order valence-electron chi connectivity index (χ2n) is 4.85. The van der Waals surface area contributed by atoms with E-state index >= 15 is 0 Å². The number of likely N-dealkylation sites (tertiary alicyclic amines) is 1. The normalized spacial score (nSPS) is 23.8. The van der Waals surface area contributed by atoms with Gasteiger partial charge in [-0.15, -0.1) is 22.9 Å². The van der Waals surface area contributed by atoms with E-state index in [4.69, 9.17) is 11.6 Å². The second kappa shape index (κ2) is 5.43. The van der Waals surface area contributed by atoms with Crippen LogP contribution in [0.1, 0.15) is 33.0 Å². The number of rotatable bonds is 1. The molecule has 1 amide bonds. The molecule has 18 heavy (non-hydrogen) atoms. The van der Waals surface area contributed by atoms with Gasteiger partial charge in [0.25, 0.3) is 5.91 Å². The molecule has 3 heterocycles. The van der Waals surface area contributed by atoms with Gasteiger partial charge in [0.15, 0.2) is 0 Å². The Morgan fingerprint density at radius 3 is 3.17 bits per heavy atom. The van der Waals surface area contributed by atoms with Crippen molar-refractivity contribution in [3.05, 3.63) is 21.4 Å². The third kappa shape index (κ3) is 2.56. The summed E-state index contributed by atoms with van der Waals surface area (Å²) in [6.45, 7) is 1.57. The van der Waals surface area contributed by atoms with Crippen LogP contribution in [-0.2, 0) is 12.2 Å². The van der Waals surface area contributed by atoms with Crippen molar-refractivity contribution in [1.82, 2.24) is 4.90 Å². The maximum absolute atomic E-state index is 12.4. The van der Waals surface area contributed by atoms with Crippen molar-refractivity contribution in [3.8, 4) is 0 Å². The summed E-state index contributed by atoms with van der Waals surface area (Å²) in [6, 6.07) is 2.10. The third-order valence-corrected chi connectivity index (χ3v) is 6.08. The fourth-order valence-electron chi connectivity index (χ4n) is 2.52. The van der Waals surface area contributed by atoms with Gasteiger partial charge in [-0.25, -0.2) is 0 Å². The van der Waals surface area contributed by atoms with Gasteiger partial charge in [-0.05, 0) is 36.6 Å². The molecule has 98 valence electrons. The van der Waals surface area contributed by atoms with Crippen LogP contribution in [0.15, 0.2) is 6.07 Å². The van der Waals surface area contributed by atoms with E-state index in [9.17, 15) is 4.79 Å². The number of amides is 1. The highest BCUT2D eigenvalue weighted by Gasteiger charge is 2.25. The molecular weight excluding hydrogens is 286 g/mol. The van der Waals surface area contributed by atoms with Crippen LogP contribution in [0, 0.1) is 0 Å². The molecule has 1 aromatic heterocycles. The van der Waals surface area contributed by atoms with Crippen molar-refractivity contribution in [3.63, 3.8) is 0 Å². The number of thioether (sulfide) groups is 1. The van der Waals surface area contributed by atoms with Crippen LogP contribution < -0.4 is 0 Å². The molecule has 1 atom stereocenters.